The van der Waals surface area contributed by atoms with Crippen molar-refractivity contribution < 1.29 is 14.3 Å². The minimum absolute atomic E-state index is 0.00387. The highest BCUT2D eigenvalue weighted by atomic mass is 32.1. The first-order valence-corrected chi connectivity index (χ1v) is 10.2. The second kappa shape index (κ2) is 10.0. The Morgan fingerprint density at radius 3 is 2.59 bits per heavy atom. The molecule has 1 unspecified atom stereocenters. The molecule has 3 rings (SSSR count). The molecular weight excluding hydrogens is 386 g/mol. The Morgan fingerprint density at radius 2 is 1.93 bits per heavy atom. The molecule has 1 atom stereocenters. The quantitative estimate of drug-likeness (QED) is 0.581. The first kappa shape index (κ1) is 20.8. The van der Waals surface area contributed by atoms with Gasteiger partial charge in [0.25, 0.3) is 5.91 Å². The van der Waals surface area contributed by atoms with Crippen molar-refractivity contribution in [2.75, 3.05) is 27.7 Å². The number of rotatable bonds is 9. The van der Waals surface area contributed by atoms with Gasteiger partial charge in [-0.15, -0.1) is 11.3 Å². The number of likely N-dealkylation sites (N-methyl/N-ethyl adjacent to an activating group) is 1. The number of para-hydroxylation sites is 1. The van der Waals surface area contributed by atoms with Crippen LogP contribution in [0.1, 0.15) is 27.7 Å². The van der Waals surface area contributed by atoms with Crippen LogP contribution in [0.15, 0.2) is 59.4 Å². The molecule has 2 aromatic carbocycles. The molecule has 1 N–H and O–H groups in total. The van der Waals surface area contributed by atoms with E-state index in [2.05, 4.69) is 15.2 Å². The largest absolute Gasteiger partial charge is 0.496 e. The predicted molar refractivity (Wildman–Crippen MR) is 115 cm³/mol. The second-order valence-electron chi connectivity index (χ2n) is 6.72. The lowest BCUT2D eigenvalue weighted by atomic mass is 10.0. The molecule has 0 fully saturated rings. The van der Waals surface area contributed by atoms with Gasteiger partial charge in [-0.3, -0.25) is 4.79 Å². The van der Waals surface area contributed by atoms with E-state index in [-0.39, 0.29) is 11.9 Å². The Labute approximate surface area is 175 Å². The summed E-state index contributed by atoms with van der Waals surface area (Å²) in [6.45, 7) is 0.882. The topological polar surface area (TPSA) is 63.7 Å². The Morgan fingerprint density at radius 1 is 1.17 bits per heavy atom. The van der Waals surface area contributed by atoms with Gasteiger partial charge in [0, 0.05) is 23.1 Å². The summed E-state index contributed by atoms with van der Waals surface area (Å²) in [6.07, 6.45) is 0. The van der Waals surface area contributed by atoms with Crippen molar-refractivity contribution in [2.45, 2.75) is 12.6 Å². The zero-order valence-corrected chi connectivity index (χ0v) is 17.6. The molecule has 0 radical (unpaired) electrons. The van der Waals surface area contributed by atoms with Crippen molar-refractivity contribution in [1.82, 2.24) is 15.2 Å². The fraction of sp³-hybridized carbons (Fsp3) is 0.273. The summed E-state index contributed by atoms with van der Waals surface area (Å²) in [5.41, 5.74) is 4.29. The van der Waals surface area contributed by atoms with Gasteiger partial charge in [0.05, 0.1) is 24.4 Å². The zero-order chi connectivity index (χ0) is 20.6. The number of nitrogens with zero attached hydrogens (tertiary/aromatic N) is 2. The summed E-state index contributed by atoms with van der Waals surface area (Å²) in [5, 5.41) is 4.97. The molecule has 0 aliphatic carbocycles. The molecule has 0 saturated heterocycles. The van der Waals surface area contributed by atoms with Crippen LogP contribution in [0, 0.1) is 0 Å². The molecular formula is C22H25N3O3S. The second-order valence-corrected chi connectivity index (χ2v) is 7.44. The maximum absolute atomic E-state index is 12.6. The molecule has 29 heavy (non-hydrogen) atoms. The van der Waals surface area contributed by atoms with E-state index in [1.54, 1.807) is 36.9 Å². The smallest absolute Gasteiger partial charge is 0.251 e. The number of hydrogen-bond donors (Lipinski definition) is 1. The summed E-state index contributed by atoms with van der Waals surface area (Å²) in [7, 11) is 5.62. The minimum Gasteiger partial charge on any atom is -0.496 e. The number of hydrogen-bond acceptors (Lipinski definition) is 6. The first-order valence-electron chi connectivity index (χ1n) is 9.26. The van der Waals surface area contributed by atoms with Gasteiger partial charge in [0.2, 0.25) is 0 Å². The van der Waals surface area contributed by atoms with Crippen LogP contribution >= 0.6 is 11.3 Å². The number of nitrogens with one attached hydrogen (secondary N) is 1. The third-order valence-corrected chi connectivity index (χ3v) is 5.20. The predicted octanol–water partition coefficient (Wildman–Crippen LogP) is 3.76. The monoisotopic (exact) mass is 411 g/mol. The lowest BCUT2D eigenvalue weighted by Crippen LogP contribution is -2.34. The Kier molecular flexibility index (Phi) is 7.21. The Hall–Kier alpha value is -2.90. The highest BCUT2D eigenvalue weighted by molar-refractivity contribution is 7.07. The Bertz CT molecular complexity index is 911. The minimum atomic E-state index is -0.127. The van der Waals surface area contributed by atoms with E-state index in [1.165, 1.54) is 11.3 Å². The highest BCUT2D eigenvalue weighted by Gasteiger charge is 2.19. The number of carbonyl (C=O) groups excluding carboxylic acids is 1. The van der Waals surface area contributed by atoms with E-state index >= 15 is 0 Å². The summed E-state index contributed by atoms with van der Waals surface area (Å²) in [5.74, 6) is 1.38. The van der Waals surface area contributed by atoms with Crippen LogP contribution in [0.5, 0.6) is 11.5 Å². The van der Waals surface area contributed by atoms with Gasteiger partial charge >= 0.3 is 0 Å². The van der Waals surface area contributed by atoms with Crippen molar-refractivity contribution >= 4 is 17.2 Å². The van der Waals surface area contributed by atoms with E-state index in [1.807, 2.05) is 43.7 Å². The van der Waals surface area contributed by atoms with Gasteiger partial charge in [-0.1, -0.05) is 18.2 Å². The number of amides is 1. The van der Waals surface area contributed by atoms with Crippen LogP contribution < -0.4 is 14.8 Å². The molecule has 1 aromatic heterocycles. The van der Waals surface area contributed by atoms with E-state index in [0.29, 0.717) is 24.5 Å². The fourth-order valence-electron chi connectivity index (χ4n) is 2.97. The molecule has 1 amide bonds. The number of ether oxygens (including phenoxy) is 2. The highest BCUT2D eigenvalue weighted by Crippen LogP contribution is 2.27. The molecule has 6 nitrogen and oxygen atoms in total. The average Bonchev–Trinajstić information content (AvgIpc) is 3.26. The third kappa shape index (κ3) is 5.56. The molecule has 0 aliphatic heterocycles. The molecule has 7 heteroatoms. The van der Waals surface area contributed by atoms with Gasteiger partial charge in [-0.05, 0) is 44.4 Å². The van der Waals surface area contributed by atoms with Gasteiger partial charge in [-0.2, -0.15) is 0 Å². The third-order valence-electron chi connectivity index (χ3n) is 4.56. The van der Waals surface area contributed by atoms with Crippen molar-refractivity contribution in [3.05, 3.63) is 76.2 Å². The SMILES string of the molecule is COc1ccccc1C(CNC(=O)c1ccc(OCc2cscn2)cc1)N(C)C. The number of methoxy groups -OCH3 is 1. The van der Waals surface area contributed by atoms with Crippen LogP contribution in [0.3, 0.4) is 0 Å². The van der Waals surface area contributed by atoms with Crippen LogP contribution in [-0.2, 0) is 6.61 Å². The summed E-state index contributed by atoms with van der Waals surface area (Å²) in [4.78, 5) is 18.9. The number of benzene rings is 2. The molecule has 0 bridgehead atoms. The van der Waals surface area contributed by atoms with E-state index in [9.17, 15) is 4.79 Å². The van der Waals surface area contributed by atoms with Crippen LogP contribution in [0.4, 0.5) is 0 Å². The van der Waals surface area contributed by atoms with E-state index in [4.69, 9.17) is 9.47 Å². The summed E-state index contributed by atoms with van der Waals surface area (Å²) < 4.78 is 11.2. The van der Waals surface area contributed by atoms with Crippen LogP contribution in [-0.4, -0.2) is 43.5 Å². The first-order chi connectivity index (χ1) is 14.1. The standard InChI is InChI=1S/C22H25N3O3S/c1-25(2)20(19-6-4-5-7-21(19)27-3)12-23-22(26)16-8-10-18(11-9-16)28-13-17-14-29-15-24-17/h4-11,14-15,20H,12-13H2,1-3H3,(H,23,26). The zero-order valence-electron chi connectivity index (χ0n) is 16.8. The lowest BCUT2D eigenvalue weighted by Gasteiger charge is -2.26. The van der Waals surface area contributed by atoms with Crippen molar-refractivity contribution in [1.29, 1.82) is 0 Å². The van der Waals surface area contributed by atoms with Crippen molar-refractivity contribution in [3.8, 4) is 11.5 Å². The van der Waals surface area contributed by atoms with Crippen LogP contribution in [0.2, 0.25) is 0 Å². The molecule has 3 aromatic rings. The van der Waals surface area contributed by atoms with Gasteiger partial charge in [-0.25, -0.2) is 4.98 Å². The van der Waals surface area contributed by atoms with Crippen LogP contribution in [0.25, 0.3) is 0 Å². The van der Waals surface area contributed by atoms with Gasteiger partial charge in [0.15, 0.2) is 0 Å². The molecule has 0 saturated carbocycles. The summed E-state index contributed by atoms with van der Waals surface area (Å²) >= 11 is 1.54. The normalized spacial score (nSPS) is 11.9. The fourth-order valence-corrected chi connectivity index (χ4v) is 3.52. The molecule has 1 heterocycles. The average molecular weight is 412 g/mol. The Balaban J connectivity index is 1.60. The molecule has 0 aliphatic rings. The summed E-state index contributed by atoms with van der Waals surface area (Å²) in [6, 6.07) is 15.0. The maximum atomic E-state index is 12.6. The molecule has 152 valence electrons. The van der Waals surface area contributed by atoms with Crippen molar-refractivity contribution in [3.63, 3.8) is 0 Å². The number of thiazole rings is 1. The maximum Gasteiger partial charge on any atom is 0.251 e. The van der Waals surface area contributed by atoms with Gasteiger partial charge in [0.1, 0.15) is 18.1 Å². The van der Waals surface area contributed by atoms with E-state index in [0.717, 1.165) is 17.0 Å². The molecule has 0 spiro atoms. The number of aromatic nitrogens is 1. The number of carbonyl (C=O) groups is 1. The van der Waals surface area contributed by atoms with Gasteiger partial charge < -0.3 is 19.7 Å². The van der Waals surface area contributed by atoms with E-state index < -0.39 is 0 Å². The lowest BCUT2D eigenvalue weighted by molar-refractivity contribution is 0.0941. The van der Waals surface area contributed by atoms with Crippen molar-refractivity contribution in [2.24, 2.45) is 0 Å².